The molecular formula is C27H31N5O5. The maximum absolute atomic E-state index is 12.9. The lowest BCUT2D eigenvalue weighted by Crippen LogP contribution is -2.52. The quantitative estimate of drug-likeness (QED) is 0.565. The van der Waals surface area contributed by atoms with Crippen molar-refractivity contribution in [2.45, 2.75) is 38.4 Å². The van der Waals surface area contributed by atoms with Gasteiger partial charge in [0.15, 0.2) is 6.61 Å². The second-order valence-corrected chi connectivity index (χ2v) is 9.76. The van der Waals surface area contributed by atoms with Crippen molar-refractivity contribution in [2.24, 2.45) is 5.73 Å². The van der Waals surface area contributed by atoms with Crippen LogP contribution in [0.2, 0.25) is 0 Å². The van der Waals surface area contributed by atoms with Gasteiger partial charge in [0.05, 0.1) is 0 Å². The van der Waals surface area contributed by atoms with Gasteiger partial charge in [-0.15, -0.1) is 0 Å². The third-order valence-corrected chi connectivity index (χ3v) is 7.25. The first kappa shape index (κ1) is 24.8. The monoisotopic (exact) mass is 505 g/mol. The molecule has 10 nitrogen and oxygen atoms in total. The van der Waals surface area contributed by atoms with E-state index in [0.29, 0.717) is 50.5 Å². The molecule has 2 fully saturated rings. The smallest absolute Gasteiger partial charge is 0.260 e. The number of anilines is 1. The first-order valence-corrected chi connectivity index (χ1v) is 12.6. The van der Waals surface area contributed by atoms with E-state index in [2.05, 4.69) is 10.2 Å². The highest BCUT2D eigenvalue weighted by molar-refractivity contribution is 6.05. The van der Waals surface area contributed by atoms with Crippen molar-refractivity contribution in [2.75, 3.05) is 37.7 Å². The molecule has 194 valence electrons. The van der Waals surface area contributed by atoms with Crippen LogP contribution in [0, 0.1) is 0 Å². The van der Waals surface area contributed by atoms with Crippen LogP contribution >= 0.6 is 0 Å². The van der Waals surface area contributed by atoms with Gasteiger partial charge in [0.25, 0.3) is 11.8 Å². The molecule has 2 atom stereocenters. The van der Waals surface area contributed by atoms with Gasteiger partial charge >= 0.3 is 0 Å². The summed E-state index contributed by atoms with van der Waals surface area (Å²) in [6.45, 7) is 4.68. The van der Waals surface area contributed by atoms with E-state index >= 15 is 0 Å². The normalized spacial score (nSPS) is 20.5. The van der Waals surface area contributed by atoms with Crippen molar-refractivity contribution in [3.63, 3.8) is 0 Å². The molecule has 0 saturated carbocycles. The summed E-state index contributed by atoms with van der Waals surface area (Å²) in [6.07, 6.45) is 0.573. The number of amides is 4. The van der Waals surface area contributed by atoms with Crippen molar-refractivity contribution in [3.05, 3.63) is 59.2 Å². The summed E-state index contributed by atoms with van der Waals surface area (Å²) in [5.74, 6) is -0.333. The number of hydrogen-bond acceptors (Lipinski definition) is 7. The first-order chi connectivity index (χ1) is 17.8. The van der Waals surface area contributed by atoms with Crippen LogP contribution in [0.3, 0.4) is 0 Å². The Labute approximate surface area is 215 Å². The highest BCUT2D eigenvalue weighted by Crippen LogP contribution is 2.31. The molecule has 0 aromatic heterocycles. The van der Waals surface area contributed by atoms with E-state index in [1.54, 1.807) is 15.9 Å². The lowest BCUT2D eigenvalue weighted by atomic mass is 10.0. The second-order valence-electron chi connectivity index (χ2n) is 9.76. The largest absolute Gasteiger partial charge is 0.484 e. The molecule has 5 rings (SSSR count). The molecule has 2 saturated heterocycles. The van der Waals surface area contributed by atoms with Gasteiger partial charge in [-0.2, -0.15) is 0 Å². The Balaban J connectivity index is 1.16. The third-order valence-electron chi connectivity index (χ3n) is 7.25. The van der Waals surface area contributed by atoms with Crippen LogP contribution in [0.15, 0.2) is 42.5 Å². The fourth-order valence-electron chi connectivity index (χ4n) is 5.10. The standard InChI is InChI=1S/C27H31N5O5/c1-17(28)18-3-2-4-21(14-18)37-16-25(34)31-11-9-30(10-12-31)20-5-6-22-19(13-20)15-32(27(22)36)23-7-8-24(33)29-26(23)35/h2-6,13-14,17,23H,7-12,15-16,28H2,1H3,(H,29,33,35). The van der Waals surface area contributed by atoms with Crippen LogP contribution in [0.1, 0.15) is 47.3 Å². The summed E-state index contributed by atoms with van der Waals surface area (Å²) >= 11 is 0. The third kappa shape index (κ3) is 5.15. The average molecular weight is 506 g/mol. The fourth-order valence-corrected chi connectivity index (χ4v) is 5.10. The summed E-state index contributed by atoms with van der Waals surface area (Å²) in [4.78, 5) is 54.9. The Bertz CT molecular complexity index is 1240. The predicted molar refractivity (Wildman–Crippen MR) is 136 cm³/mol. The van der Waals surface area contributed by atoms with E-state index < -0.39 is 11.9 Å². The van der Waals surface area contributed by atoms with Crippen molar-refractivity contribution in [1.82, 2.24) is 15.1 Å². The second kappa shape index (κ2) is 10.2. The minimum Gasteiger partial charge on any atom is -0.484 e. The topological polar surface area (TPSA) is 125 Å². The van der Waals surface area contributed by atoms with Gasteiger partial charge in [-0.3, -0.25) is 24.5 Å². The highest BCUT2D eigenvalue weighted by Gasteiger charge is 2.39. The van der Waals surface area contributed by atoms with Gasteiger partial charge in [-0.25, -0.2) is 0 Å². The molecule has 2 unspecified atom stereocenters. The molecule has 3 N–H and O–H groups in total. The summed E-state index contributed by atoms with van der Waals surface area (Å²) in [6, 6.07) is 12.4. The average Bonchev–Trinajstić information content (AvgIpc) is 3.22. The number of piperidine rings is 1. The molecule has 0 bridgehead atoms. The Kier molecular flexibility index (Phi) is 6.84. The number of nitrogens with one attached hydrogen (secondary N) is 1. The molecule has 3 aliphatic heterocycles. The molecular weight excluding hydrogens is 474 g/mol. The number of benzene rings is 2. The van der Waals surface area contributed by atoms with Gasteiger partial charge in [0.1, 0.15) is 11.8 Å². The van der Waals surface area contributed by atoms with Gasteiger partial charge in [0, 0.05) is 56.4 Å². The van der Waals surface area contributed by atoms with E-state index in [1.807, 2.05) is 43.3 Å². The molecule has 4 amide bonds. The fraction of sp³-hybridized carbons (Fsp3) is 0.407. The lowest BCUT2D eigenvalue weighted by Gasteiger charge is -2.36. The zero-order valence-electron chi connectivity index (χ0n) is 20.8. The molecule has 3 aliphatic rings. The van der Waals surface area contributed by atoms with Crippen molar-refractivity contribution >= 4 is 29.3 Å². The van der Waals surface area contributed by atoms with E-state index in [0.717, 1.165) is 16.8 Å². The molecule has 3 heterocycles. The van der Waals surface area contributed by atoms with Crippen LogP contribution in [0.4, 0.5) is 5.69 Å². The van der Waals surface area contributed by atoms with Crippen molar-refractivity contribution in [3.8, 4) is 5.75 Å². The molecule has 0 aliphatic carbocycles. The van der Waals surface area contributed by atoms with Crippen molar-refractivity contribution in [1.29, 1.82) is 0 Å². The van der Waals surface area contributed by atoms with Crippen LogP contribution < -0.4 is 20.7 Å². The molecule has 0 radical (unpaired) electrons. The number of carbonyl (C=O) groups excluding carboxylic acids is 4. The zero-order valence-corrected chi connectivity index (χ0v) is 20.8. The summed E-state index contributed by atoms with van der Waals surface area (Å²) in [5.41, 5.74) is 9.31. The zero-order chi connectivity index (χ0) is 26.1. The SMILES string of the molecule is CC(N)c1cccc(OCC(=O)N2CCN(c3ccc4c(c3)CN(C3CCC(=O)NC3=O)C4=O)CC2)c1. The number of fused-ring (bicyclic) bond motifs is 1. The Morgan fingerprint density at radius 1 is 1.11 bits per heavy atom. The molecule has 37 heavy (non-hydrogen) atoms. The van der Waals surface area contributed by atoms with Gasteiger partial charge in [0.2, 0.25) is 11.8 Å². The molecule has 2 aromatic carbocycles. The maximum atomic E-state index is 12.9. The number of nitrogens with zero attached hydrogens (tertiary/aromatic N) is 3. The van der Waals surface area contributed by atoms with Crippen LogP contribution in [0.5, 0.6) is 5.75 Å². The number of nitrogens with two attached hydrogens (primary N) is 1. The molecule has 0 spiro atoms. The Morgan fingerprint density at radius 2 is 1.89 bits per heavy atom. The van der Waals surface area contributed by atoms with Crippen LogP contribution in [-0.4, -0.2) is 72.3 Å². The van der Waals surface area contributed by atoms with E-state index in [4.69, 9.17) is 10.5 Å². The number of carbonyl (C=O) groups is 4. The first-order valence-electron chi connectivity index (χ1n) is 12.6. The number of hydrogen-bond donors (Lipinski definition) is 2. The van der Waals surface area contributed by atoms with Crippen LogP contribution in [-0.2, 0) is 20.9 Å². The lowest BCUT2D eigenvalue weighted by molar-refractivity contribution is -0.137. The van der Waals surface area contributed by atoms with Crippen LogP contribution in [0.25, 0.3) is 0 Å². The number of ether oxygens (including phenoxy) is 1. The summed E-state index contributed by atoms with van der Waals surface area (Å²) < 4.78 is 5.71. The summed E-state index contributed by atoms with van der Waals surface area (Å²) in [7, 11) is 0. The highest BCUT2D eigenvalue weighted by atomic mass is 16.5. The molecule has 2 aromatic rings. The van der Waals surface area contributed by atoms with Gasteiger partial charge in [-0.05, 0) is 54.8 Å². The van der Waals surface area contributed by atoms with Gasteiger partial charge in [-0.1, -0.05) is 12.1 Å². The predicted octanol–water partition coefficient (Wildman–Crippen LogP) is 1.19. The minimum atomic E-state index is -0.626. The number of rotatable bonds is 6. The maximum Gasteiger partial charge on any atom is 0.260 e. The molecule has 10 heteroatoms. The summed E-state index contributed by atoms with van der Waals surface area (Å²) in [5, 5.41) is 2.33. The van der Waals surface area contributed by atoms with Crippen molar-refractivity contribution < 1.29 is 23.9 Å². The Hall–Kier alpha value is -3.92. The van der Waals surface area contributed by atoms with E-state index in [-0.39, 0.29) is 36.8 Å². The van der Waals surface area contributed by atoms with E-state index in [1.165, 1.54) is 0 Å². The Morgan fingerprint density at radius 3 is 2.62 bits per heavy atom. The van der Waals surface area contributed by atoms with E-state index in [9.17, 15) is 19.2 Å². The number of piperazine rings is 1. The van der Waals surface area contributed by atoms with Gasteiger partial charge < -0.3 is 25.2 Å². The minimum absolute atomic E-state index is 0.0282. The number of imide groups is 1.